The maximum atomic E-state index is 13.4. The highest BCUT2D eigenvalue weighted by Gasteiger charge is 2.16. The quantitative estimate of drug-likeness (QED) is 0.872. The van der Waals surface area contributed by atoms with Crippen LogP contribution < -0.4 is 4.74 Å². The zero-order valence-corrected chi connectivity index (χ0v) is 11.6. The topological polar surface area (TPSA) is 51.3 Å². The first-order valence-corrected chi connectivity index (χ1v) is 6.27. The van der Waals surface area contributed by atoms with Crippen LogP contribution in [0.15, 0.2) is 24.3 Å². The highest BCUT2D eigenvalue weighted by atomic mass is 19.1. The van der Waals surface area contributed by atoms with E-state index in [1.54, 1.807) is 26.0 Å². The van der Waals surface area contributed by atoms with E-state index in [1.807, 2.05) is 0 Å². The molecule has 0 saturated carbocycles. The summed E-state index contributed by atoms with van der Waals surface area (Å²) in [5.41, 5.74) is 2.28. The van der Waals surface area contributed by atoms with Gasteiger partial charge >= 0.3 is 5.97 Å². The molecule has 0 atom stereocenters. The van der Waals surface area contributed by atoms with Crippen LogP contribution in [0.3, 0.4) is 0 Å². The number of halogens is 1. The van der Waals surface area contributed by atoms with Crippen LogP contribution in [0.5, 0.6) is 5.75 Å². The highest BCUT2D eigenvalue weighted by Crippen LogP contribution is 2.31. The molecule has 20 heavy (non-hydrogen) atoms. The molecule has 1 aromatic heterocycles. The second kappa shape index (κ2) is 5.77. The van der Waals surface area contributed by atoms with E-state index in [0.717, 1.165) is 5.56 Å². The number of esters is 1. The van der Waals surface area contributed by atoms with Gasteiger partial charge in [-0.05, 0) is 43.7 Å². The summed E-state index contributed by atoms with van der Waals surface area (Å²) in [4.78, 5) is 14.7. The molecule has 0 amide bonds. The van der Waals surface area contributed by atoms with Crippen LogP contribution in [0, 0.1) is 12.7 Å². The second-order valence-corrected chi connectivity index (χ2v) is 4.31. The van der Waals surface area contributed by atoms with Gasteiger partial charge in [0.05, 0.1) is 19.4 Å². The number of hydrogen-bond donors (Lipinski definition) is 1. The molecule has 1 N–H and O–H groups in total. The number of aromatic amines is 1. The Bertz CT molecular complexity index is 634. The van der Waals surface area contributed by atoms with Crippen LogP contribution in [0.25, 0.3) is 11.3 Å². The number of benzene rings is 1. The smallest absolute Gasteiger partial charge is 0.355 e. The van der Waals surface area contributed by atoms with Gasteiger partial charge in [-0.3, -0.25) is 0 Å². The second-order valence-electron chi connectivity index (χ2n) is 4.31. The molecule has 2 aromatic rings. The van der Waals surface area contributed by atoms with E-state index in [0.29, 0.717) is 29.3 Å². The van der Waals surface area contributed by atoms with Gasteiger partial charge in [0.25, 0.3) is 0 Å². The summed E-state index contributed by atoms with van der Waals surface area (Å²) < 4.78 is 23.6. The van der Waals surface area contributed by atoms with E-state index < -0.39 is 5.97 Å². The number of methoxy groups -OCH3 is 1. The number of nitrogens with one attached hydrogen (secondary N) is 1. The summed E-state index contributed by atoms with van der Waals surface area (Å²) in [5, 5.41) is 0. The van der Waals surface area contributed by atoms with Crippen molar-refractivity contribution in [2.24, 2.45) is 0 Å². The largest absolute Gasteiger partial charge is 0.496 e. The first-order chi connectivity index (χ1) is 9.56. The van der Waals surface area contributed by atoms with Crippen molar-refractivity contribution in [2.75, 3.05) is 13.7 Å². The summed E-state index contributed by atoms with van der Waals surface area (Å²) in [5.74, 6) is -0.264. The molecule has 1 heterocycles. The molecule has 0 unspecified atom stereocenters. The summed E-state index contributed by atoms with van der Waals surface area (Å²) in [6.07, 6.45) is 0. The van der Waals surface area contributed by atoms with E-state index in [9.17, 15) is 9.18 Å². The normalized spacial score (nSPS) is 10.4. The number of carbonyl (C=O) groups is 1. The molecule has 0 saturated heterocycles. The molecule has 5 heteroatoms. The SMILES string of the molecule is CCOC(=O)c1[nH]c(-c2cc(F)ccc2OC)cc1C. The molecule has 0 aliphatic rings. The minimum Gasteiger partial charge on any atom is -0.496 e. The molecular formula is C15H16FNO3. The average molecular weight is 277 g/mol. The van der Waals surface area contributed by atoms with Crippen LogP contribution in [0.4, 0.5) is 4.39 Å². The average Bonchev–Trinajstić information content (AvgIpc) is 2.81. The van der Waals surface area contributed by atoms with Gasteiger partial charge in [0.15, 0.2) is 0 Å². The van der Waals surface area contributed by atoms with Crippen LogP contribution in [-0.4, -0.2) is 24.7 Å². The molecule has 4 nitrogen and oxygen atoms in total. The van der Waals surface area contributed by atoms with Crippen molar-refractivity contribution in [3.63, 3.8) is 0 Å². The first-order valence-electron chi connectivity index (χ1n) is 6.27. The molecule has 1 aromatic carbocycles. The van der Waals surface area contributed by atoms with E-state index in [1.165, 1.54) is 19.2 Å². The van der Waals surface area contributed by atoms with Gasteiger partial charge in [-0.2, -0.15) is 0 Å². The van der Waals surface area contributed by atoms with Crippen molar-refractivity contribution >= 4 is 5.97 Å². The van der Waals surface area contributed by atoms with E-state index in [4.69, 9.17) is 9.47 Å². The van der Waals surface area contributed by atoms with Gasteiger partial charge in [-0.25, -0.2) is 9.18 Å². The fourth-order valence-electron chi connectivity index (χ4n) is 2.01. The third-order valence-corrected chi connectivity index (χ3v) is 2.95. The molecular weight excluding hydrogens is 261 g/mol. The fraction of sp³-hybridized carbons (Fsp3) is 0.267. The summed E-state index contributed by atoms with van der Waals surface area (Å²) in [6, 6.07) is 6.00. The van der Waals surface area contributed by atoms with Gasteiger partial charge in [0.2, 0.25) is 0 Å². The Labute approximate surface area is 116 Å². The maximum Gasteiger partial charge on any atom is 0.355 e. The van der Waals surface area contributed by atoms with Gasteiger partial charge in [-0.1, -0.05) is 0 Å². The Morgan fingerprint density at radius 3 is 2.75 bits per heavy atom. The van der Waals surface area contributed by atoms with Crippen molar-refractivity contribution in [3.8, 4) is 17.0 Å². The predicted molar refractivity (Wildman–Crippen MR) is 73.4 cm³/mol. The Kier molecular flexibility index (Phi) is 4.08. The number of aryl methyl sites for hydroxylation is 1. The molecule has 106 valence electrons. The van der Waals surface area contributed by atoms with Crippen molar-refractivity contribution in [3.05, 3.63) is 41.3 Å². The first kappa shape index (κ1) is 14.1. The van der Waals surface area contributed by atoms with Crippen molar-refractivity contribution in [1.29, 1.82) is 0 Å². The molecule has 0 fully saturated rings. The Morgan fingerprint density at radius 2 is 2.10 bits per heavy atom. The minimum atomic E-state index is -0.424. The van der Waals surface area contributed by atoms with Gasteiger partial charge < -0.3 is 14.5 Å². The number of rotatable bonds is 4. The number of aromatic nitrogens is 1. The third-order valence-electron chi connectivity index (χ3n) is 2.95. The predicted octanol–water partition coefficient (Wildman–Crippen LogP) is 3.31. The zero-order valence-electron chi connectivity index (χ0n) is 11.6. The van der Waals surface area contributed by atoms with E-state index in [2.05, 4.69) is 4.98 Å². The van der Waals surface area contributed by atoms with Crippen molar-refractivity contribution < 1.29 is 18.7 Å². The Balaban J connectivity index is 2.47. The molecule has 0 bridgehead atoms. The van der Waals surface area contributed by atoms with Crippen LogP contribution in [0.1, 0.15) is 23.0 Å². The van der Waals surface area contributed by atoms with Crippen LogP contribution >= 0.6 is 0 Å². The maximum absolute atomic E-state index is 13.4. The van der Waals surface area contributed by atoms with Crippen molar-refractivity contribution in [1.82, 2.24) is 4.98 Å². The lowest BCUT2D eigenvalue weighted by Crippen LogP contribution is -2.06. The number of carbonyl (C=O) groups excluding carboxylic acids is 1. The zero-order chi connectivity index (χ0) is 14.7. The minimum absolute atomic E-state index is 0.302. The summed E-state index contributed by atoms with van der Waals surface area (Å²) in [6.45, 7) is 3.83. The lowest BCUT2D eigenvalue weighted by molar-refractivity contribution is 0.0519. The number of hydrogen-bond acceptors (Lipinski definition) is 3. The van der Waals surface area contributed by atoms with E-state index in [-0.39, 0.29) is 5.82 Å². The lowest BCUT2D eigenvalue weighted by Gasteiger charge is -2.06. The standard InChI is InChI=1S/C15H16FNO3/c1-4-20-15(18)14-9(2)7-12(17-14)11-8-10(16)5-6-13(11)19-3/h5-8,17H,4H2,1-3H3. The number of ether oxygens (including phenoxy) is 2. The van der Waals surface area contributed by atoms with Crippen LogP contribution in [-0.2, 0) is 4.74 Å². The molecule has 0 spiro atoms. The van der Waals surface area contributed by atoms with Crippen molar-refractivity contribution in [2.45, 2.75) is 13.8 Å². The van der Waals surface area contributed by atoms with Gasteiger partial charge in [0, 0.05) is 5.56 Å². The van der Waals surface area contributed by atoms with Gasteiger partial charge in [0.1, 0.15) is 17.3 Å². The monoisotopic (exact) mass is 277 g/mol. The number of H-pyrrole nitrogens is 1. The Hall–Kier alpha value is -2.30. The van der Waals surface area contributed by atoms with Crippen LogP contribution in [0.2, 0.25) is 0 Å². The van der Waals surface area contributed by atoms with Gasteiger partial charge in [-0.15, -0.1) is 0 Å². The fourth-order valence-corrected chi connectivity index (χ4v) is 2.01. The third kappa shape index (κ3) is 2.66. The molecule has 0 radical (unpaired) electrons. The van der Waals surface area contributed by atoms with E-state index >= 15 is 0 Å². The summed E-state index contributed by atoms with van der Waals surface area (Å²) >= 11 is 0. The molecule has 2 rings (SSSR count). The highest BCUT2D eigenvalue weighted by molar-refractivity contribution is 5.90. The summed E-state index contributed by atoms with van der Waals surface area (Å²) in [7, 11) is 1.51. The lowest BCUT2D eigenvalue weighted by atomic mass is 10.1. The Morgan fingerprint density at radius 1 is 1.35 bits per heavy atom. The molecule has 0 aliphatic carbocycles. The molecule has 0 aliphatic heterocycles.